The second kappa shape index (κ2) is 7.18. The molecule has 0 spiro atoms. The average molecular weight is 293 g/mol. The minimum absolute atomic E-state index is 0.0407. The van der Waals surface area contributed by atoms with E-state index in [1.807, 2.05) is 11.8 Å². The number of rotatable bonds is 6. The van der Waals surface area contributed by atoms with Gasteiger partial charge in [-0.25, -0.2) is 13.6 Å². The number of hydrogen-bond acceptors (Lipinski definition) is 5. The molecule has 1 aliphatic rings. The van der Waals surface area contributed by atoms with Gasteiger partial charge in [0.2, 0.25) is 15.9 Å². The lowest BCUT2D eigenvalue weighted by Gasteiger charge is -2.35. The van der Waals surface area contributed by atoms with E-state index in [9.17, 15) is 13.2 Å². The minimum Gasteiger partial charge on any atom is -0.384 e. The highest BCUT2D eigenvalue weighted by Crippen LogP contribution is 2.08. The Morgan fingerprint density at radius 2 is 1.89 bits per heavy atom. The molecule has 1 atom stereocenters. The zero-order valence-corrected chi connectivity index (χ0v) is 12.4. The lowest BCUT2D eigenvalue weighted by molar-refractivity contribution is -0.138. The van der Waals surface area contributed by atoms with Crippen LogP contribution in [0.5, 0.6) is 0 Å². The second-order valence-electron chi connectivity index (χ2n) is 4.89. The van der Waals surface area contributed by atoms with Gasteiger partial charge in [0.15, 0.2) is 0 Å². The number of hydrogen-bond donors (Lipinski definition) is 1. The molecule has 1 heterocycles. The van der Waals surface area contributed by atoms with Crippen molar-refractivity contribution in [3.63, 3.8) is 0 Å². The van der Waals surface area contributed by atoms with Crippen LogP contribution >= 0.6 is 0 Å². The maximum Gasteiger partial charge on any atom is 0.227 e. The van der Waals surface area contributed by atoms with E-state index in [1.165, 1.54) is 0 Å². The van der Waals surface area contributed by atoms with Gasteiger partial charge in [0.1, 0.15) is 0 Å². The molecule has 1 saturated heterocycles. The van der Waals surface area contributed by atoms with Crippen LogP contribution in [0, 0.1) is 5.92 Å². The standard InChI is InChI=1S/C11H23N3O4S/c1-10(9-18-2)11(15)14-5-3-13(4-6-14)7-8-19(12,16)17/h10H,3-9H2,1-2H3,(H2,12,16,17). The molecule has 8 heteroatoms. The molecule has 1 fully saturated rings. The summed E-state index contributed by atoms with van der Waals surface area (Å²) in [4.78, 5) is 15.8. The first kappa shape index (κ1) is 16.4. The maximum atomic E-state index is 12.0. The number of methoxy groups -OCH3 is 1. The Morgan fingerprint density at radius 1 is 1.32 bits per heavy atom. The van der Waals surface area contributed by atoms with E-state index in [-0.39, 0.29) is 17.6 Å². The zero-order valence-electron chi connectivity index (χ0n) is 11.5. The molecule has 7 nitrogen and oxygen atoms in total. The number of primary sulfonamides is 1. The smallest absolute Gasteiger partial charge is 0.227 e. The van der Waals surface area contributed by atoms with Gasteiger partial charge in [-0.3, -0.25) is 9.69 Å². The van der Waals surface area contributed by atoms with Crippen LogP contribution in [0.1, 0.15) is 6.92 Å². The van der Waals surface area contributed by atoms with Crippen molar-refractivity contribution in [2.24, 2.45) is 11.1 Å². The van der Waals surface area contributed by atoms with Crippen LogP contribution in [0.3, 0.4) is 0 Å². The first-order chi connectivity index (χ1) is 8.83. The van der Waals surface area contributed by atoms with Crippen LogP contribution in [0.15, 0.2) is 0 Å². The highest BCUT2D eigenvalue weighted by Gasteiger charge is 2.24. The summed E-state index contributed by atoms with van der Waals surface area (Å²) in [5.41, 5.74) is 0. The third kappa shape index (κ3) is 5.85. The monoisotopic (exact) mass is 293 g/mol. The van der Waals surface area contributed by atoms with E-state index in [4.69, 9.17) is 9.88 Å². The largest absolute Gasteiger partial charge is 0.384 e. The number of sulfonamides is 1. The summed E-state index contributed by atoms with van der Waals surface area (Å²) in [5, 5.41) is 4.97. The normalized spacial score (nSPS) is 19.4. The average Bonchev–Trinajstić information content (AvgIpc) is 2.35. The van der Waals surface area contributed by atoms with Crippen molar-refractivity contribution in [1.29, 1.82) is 0 Å². The molecule has 0 aliphatic carbocycles. The molecule has 1 amide bonds. The third-order valence-electron chi connectivity index (χ3n) is 3.21. The van der Waals surface area contributed by atoms with Crippen molar-refractivity contribution in [3.05, 3.63) is 0 Å². The SMILES string of the molecule is COCC(C)C(=O)N1CCN(CCS(N)(=O)=O)CC1. The molecular formula is C11H23N3O4S. The number of amides is 1. The summed E-state index contributed by atoms with van der Waals surface area (Å²) >= 11 is 0. The van der Waals surface area contributed by atoms with Gasteiger partial charge in [-0.15, -0.1) is 0 Å². The molecule has 1 aliphatic heterocycles. The van der Waals surface area contributed by atoms with Crippen molar-refractivity contribution < 1.29 is 17.9 Å². The van der Waals surface area contributed by atoms with Gasteiger partial charge in [-0.2, -0.15) is 0 Å². The van der Waals surface area contributed by atoms with Crippen molar-refractivity contribution in [2.75, 3.05) is 52.2 Å². The Labute approximate surface area is 114 Å². The molecule has 0 aromatic heterocycles. The van der Waals surface area contributed by atoms with Crippen molar-refractivity contribution in [3.8, 4) is 0 Å². The lowest BCUT2D eigenvalue weighted by Crippen LogP contribution is -2.51. The summed E-state index contributed by atoms with van der Waals surface area (Å²) in [6.07, 6.45) is 0. The van der Waals surface area contributed by atoms with Crippen LogP contribution < -0.4 is 5.14 Å². The predicted molar refractivity (Wildman–Crippen MR) is 72.0 cm³/mol. The van der Waals surface area contributed by atoms with Gasteiger partial charge in [0, 0.05) is 39.8 Å². The van der Waals surface area contributed by atoms with Crippen LogP contribution in [0.4, 0.5) is 0 Å². The van der Waals surface area contributed by atoms with Crippen LogP contribution in [0.25, 0.3) is 0 Å². The molecule has 2 N–H and O–H groups in total. The van der Waals surface area contributed by atoms with Gasteiger partial charge < -0.3 is 9.64 Å². The second-order valence-corrected chi connectivity index (χ2v) is 6.62. The molecule has 19 heavy (non-hydrogen) atoms. The fraction of sp³-hybridized carbons (Fsp3) is 0.909. The topological polar surface area (TPSA) is 92.9 Å². The molecule has 1 unspecified atom stereocenters. The third-order valence-corrected chi connectivity index (χ3v) is 3.97. The van der Waals surface area contributed by atoms with E-state index < -0.39 is 10.0 Å². The van der Waals surface area contributed by atoms with Crippen molar-refractivity contribution in [2.45, 2.75) is 6.92 Å². The first-order valence-corrected chi connectivity index (χ1v) is 8.05. The Kier molecular flexibility index (Phi) is 6.18. The Hall–Kier alpha value is -0.700. The zero-order chi connectivity index (χ0) is 14.5. The summed E-state index contributed by atoms with van der Waals surface area (Å²) in [6, 6.07) is 0. The van der Waals surface area contributed by atoms with Gasteiger partial charge in [0.25, 0.3) is 0 Å². The Balaban J connectivity index is 2.34. The summed E-state index contributed by atoms with van der Waals surface area (Å²) < 4.78 is 26.7. The van der Waals surface area contributed by atoms with E-state index in [0.29, 0.717) is 39.3 Å². The highest BCUT2D eigenvalue weighted by atomic mass is 32.2. The molecule has 0 bridgehead atoms. The van der Waals surface area contributed by atoms with Crippen molar-refractivity contribution >= 4 is 15.9 Å². The van der Waals surface area contributed by atoms with Crippen LogP contribution in [-0.4, -0.2) is 76.3 Å². The molecule has 1 rings (SSSR count). The van der Waals surface area contributed by atoms with Crippen molar-refractivity contribution in [1.82, 2.24) is 9.80 Å². The quantitative estimate of drug-likeness (QED) is 0.657. The molecule has 0 saturated carbocycles. The summed E-state index contributed by atoms with van der Waals surface area (Å²) in [5.74, 6) is -0.0880. The van der Waals surface area contributed by atoms with E-state index in [1.54, 1.807) is 12.0 Å². The van der Waals surface area contributed by atoms with Gasteiger partial charge in [0.05, 0.1) is 18.3 Å². The number of piperazine rings is 1. The van der Waals surface area contributed by atoms with E-state index in [2.05, 4.69) is 0 Å². The number of ether oxygens (including phenoxy) is 1. The maximum absolute atomic E-state index is 12.0. The highest BCUT2D eigenvalue weighted by molar-refractivity contribution is 7.89. The minimum atomic E-state index is -3.41. The molecule has 0 aromatic carbocycles. The summed E-state index contributed by atoms with van der Waals surface area (Å²) in [7, 11) is -1.83. The molecular weight excluding hydrogens is 270 g/mol. The van der Waals surface area contributed by atoms with Crippen LogP contribution in [-0.2, 0) is 19.6 Å². The van der Waals surface area contributed by atoms with Gasteiger partial charge in [-0.05, 0) is 0 Å². The predicted octanol–water partition coefficient (Wildman–Crippen LogP) is -1.30. The Bertz CT molecular complexity index is 391. The number of nitrogens with two attached hydrogens (primary N) is 1. The number of carbonyl (C=O) groups excluding carboxylic acids is 1. The van der Waals surface area contributed by atoms with Crippen LogP contribution in [0.2, 0.25) is 0 Å². The lowest BCUT2D eigenvalue weighted by atomic mass is 10.1. The summed E-state index contributed by atoms with van der Waals surface area (Å²) in [6.45, 7) is 5.30. The molecule has 112 valence electrons. The molecule has 0 radical (unpaired) electrons. The fourth-order valence-electron chi connectivity index (χ4n) is 2.08. The van der Waals surface area contributed by atoms with E-state index >= 15 is 0 Å². The first-order valence-electron chi connectivity index (χ1n) is 6.34. The van der Waals surface area contributed by atoms with Gasteiger partial charge >= 0.3 is 0 Å². The Morgan fingerprint density at radius 3 is 2.37 bits per heavy atom. The van der Waals surface area contributed by atoms with E-state index in [0.717, 1.165) is 0 Å². The fourth-order valence-corrected chi connectivity index (χ4v) is 2.59. The number of carbonyl (C=O) groups is 1. The molecule has 0 aromatic rings. The number of nitrogens with zero attached hydrogens (tertiary/aromatic N) is 2. The van der Waals surface area contributed by atoms with Gasteiger partial charge in [-0.1, -0.05) is 6.92 Å².